The summed E-state index contributed by atoms with van der Waals surface area (Å²) in [6.45, 7) is -0.304. The van der Waals surface area contributed by atoms with Crippen LogP contribution in [0.2, 0.25) is 0 Å². The Kier molecular flexibility index (Phi) is 4.44. The van der Waals surface area contributed by atoms with Gasteiger partial charge in [-0.15, -0.1) is 0 Å². The lowest BCUT2D eigenvalue weighted by molar-refractivity contribution is -0.488. The zero-order chi connectivity index (χ0) is 12.0. The highest BCUT2D eigenvalue weighted by atomic mass is 16.6. The van der Waals surface area contributed by atoms with Crippen LogP contribution >= 0.6 is 0 Å². The highest BCUT2D eigenvalue weighted by Gasteiger charge is 2.19. The molecule has 5 nitrogen and oxygen atoms in total. The summed E-state index contributed by atoms with van der Waals surface area (Å²) in [5.74, 6) is -1.45. The Labute approximate surface area is 92.9 Å². The maximum atomic E-state index is 10.6. The number of carboxylic acids is 1. The number of carbonyl (C=O) groups is 1. The van der Waals surface area contributed by atoms with Crippen molar-refractivity contribution in [2.45, 2.75) is 12.8 Å². The van der Waals surface area contributed by atoms with Crippen molar-refractivity contribution in [1.82, 2.24) is 0 Å². The molecule has 0 heterocycles. The molecule has 0 amide bonds. The summed E-state index contributed by atoms with van der Waals surface area (Å²) in [5, 5.41) is 19.0. The van der Waals surface area contributed by atoms with Crippen LogP contribution in [0.15, 0.2) is 30.3 Å². The van der Waals surface area contributed by atoms with Gasteiger partial charge in [0, 0.05) is 10.8 Å². The summed E-state index contributed by atoms with van der Waals surface area (Å²) in [6, 6.07) is 9.20. The van der Waals surface area contributed by atoms with Crippen LogP contribution in [-0.2, 0) is 11.2 Å². The smallest absolute Gasteiger partial charge is 0.303 e. The monoisotopic (exact) mass is 223 g/mol. The molecule has 0 saturated carbocycles. The van der Waals surface area contributed by atoms with Gasteiger partial charge in [-0.05, 0) is 12.0 Å². The number of benzene rings is 1. The number of nitrogens with zero attached hydrogens (tertiary/aromatic N) is 1. The minimum atomic E-state index is -0.997. The first-order valence-corrected chi connectivity index (χ1v) is 4.95. The second-order valence-corrected chi connectivity index (χ2v) is 3.67. The van der Waals surface area contributed by atoms with Crippen molar-refractivity contribution in [1.29, 1.82) is 0 Å². The van der Waals surface area contributed by atoms with Gasteiger partial charge < -0.3 is 5.11 Å². The van der Waals surface area contributed by atoms with E-state index >= 15 is 0 Å². The molecular formula is C11H13NO4. The summed E-state index contributed by atoms with van der Waals surface area (Å²) < 4.78 is 0. The Bertz CT molecular complexity index is 348. The van der Waals surface area contributed by atoms with E-state index in [0.29, 0.717) is 6.42 Å². The van der Waals surface area contributed by atoms with Gasteiger partial charge in [0.1, 0.15) is 0 Å². The van der Waals surface area contributed by atoms with E-state index in [1.807, 2.05) is 30.3 Å². The lowest BCUT2D eigenvalue weighted by Gasteiger charge is -2.09. The molecule has 1 N–H and O–H groups in total. The van der Waals surface area contributed by atoms with E-state index in [1.165, 1.54) is 0 Å². The fourth-order valence-corrected chi connectivity index (χ4v) is 1.61. The number of hydrogen-bond acceptors (Lipinski definition) is 3. The first-order chi connectivity index (χ1) is 7.58. The number of rotatable bonds is 6. The number of nitro groups is 1. The maximum absolute atomic E-state index is 10.6. The molecule has 1 aromatic rings. The standard InChI is InChI=1S/C11H13NO4/c13-11(14)7-10(8-12(15)16)6-9-4-2-1-3-5-9/h1-5,10H,6-8H2,(H,13,14)/t10-/m1/s1. The fraction of sp³-hybridized carbons (Fsp3) is 0.364. The van der Waals surface area contributed by atoms with E-state index in [9.17, 15) is 14.9 Å². The Balaban J connectivity index is 2.63. The second-order valence-electron chi connectivity index (χ2n) is 3.67. The molecule has 0 saturated heterocycles. The van der Waals surface area contributed by atoms with Crippen LogP contribution in [0.1, 0.15) is 12.0 Å². The van der Waals surface area contributed by atoms with E-state index in [-0.39, 0.29) is 13.0 Å². The maximum Gasteiger partial charge on any atom is 0.303 e. The number of aliphatic carboxylic acids is 1. The highest BCUT2D eigenvalue weighted by molar-refractivity contribution is 5.67. The van der Waals surface area contributed by atoms with Gasteiger partial charge in [0.15, 0.2) is 0 Å². The molecule has 0 unspecified atom stereocenters. The average molecular weight is 223 g/mol. The van der Waals surface area contributed by atoms with Crippen LogP contribution < -0.4 is 0 Å². The SMILES string of the molecule is O=C(O)C[C@@H](Cc1ccccc1)C[N+](=O)[O-]. The lowest BCUT2D eigenvalue weighted by atomic mass is 9.96. The summed E-state index contributed by atoms with van der Waals surface area (Å²) in [6.07, 6.45) is 0.254. The van der Waals surface area contributed by atoms with Crippen LogP contribution in [-0.4, -0.2) is 22.5 Å². The Morgan fingerprint density at radius 1 is 1.38 bits per heavy atom. The largest absolute Gasteiger partial charge is 0.481 e. The first-order valence-electron chi connectivity index (χ1n) is 4.95. The van der Waals surface area contributed by atoms with Crippen molar-refractivity contribution in [3.05, 3.63) is 46.0 Å². The molecule has 5 heteroatoms. The second kappa shape index (κ2) is 5.85. The highest BCUT2D eigenvalue weighted by Crippen LogP contribution is 2.12. The van der Waals surface area contributed by atoms with Crippen LogP contribution in [0, 0.1) is 16.0 Å². The Morgan fingerprint density at radius 2 is 2.00 bits per heavy atom. The predicted octanol–water partition coefficient (Wildman–Crippen LogP) is 1.60. The van der Waals surface area contributed by atoms with Gasteiger partial charge in [-0.2, -0.15) is 0 Å². The summed E-state index contributed by atoms with van der Waals surface area (Å²) in [7, 11) is 0. The zero-order valence-corrected chi connectivity index (χ0v) is 8.70. The quantitative estimate of drug-likeness (QED) is 0.586. The van der Waals surface area contributed by atoms with Crippen LogP contribution in [0.3, 0.4) is 0 Å². The molecule has 0 aliphatic rings. The molecule has 86 valence electrons. The topological polar surface area (TPSA) is 80.4 Å². The van der Waals surface area contributed by atoms with Gasteiger partial charge in [0.2, 0.25) is 6.54 Å². The Hall–Kier alpha value is -1.91. The third-order valence-electron chi connectivity index (χ3n) is 2.24. The summed E-state index contributed by atoms with van der Waals surface area (Å²) in [5.41, 5.74) is 0.926. The van der Waals surface area contributed by atoms with E-state index in [1.54, 1.807) is 0 Å². The third kappa shape index (κ3) is 4.54. The normalized spacial score (nSPS) is 12.0. The van der Waals surface area contributed by atoms with Crippen molar-refractivity contribution in [3.63, 3.8) is 0 Å². The zero-order valence-electron chi connectivity index (χ0n) is 8.70. The van der Waals surface area contributed by atoms with E-state index in [0.717, 1.165) is 5.56 Å². The van der Waals surface area contributed by atoms with Crippen LogP contribution in [0.5, 0.6) is 0 Å². The molecule has 0 aliphatic heterocycles. The fourth-order valence-electron chi connectivity index (χ4n) is 1.61. The van der Waals surface area contributed by atoms with Gasteiger partial charge in [-0.1, -0.05) is 30.3 Å². The number of hydrogen-bond donors (Lipinski definition) is 1. The molecule has 0 radical (unpaired) electrons. The van der Waals surface area contributed by atoms with Gasteiger partial charge in [0.05, 0.1) is 6.42 Å². The molecule has 0 aromatic heterocycles. The van der Waals surface area contributed by atoms with Crippen molar-refractivity contribution in [2.24, 2.45) is 5.92 Å². The molecule has 0 spiro atoms. The Morgan fingerprint density at radius 3 is 2.50 bits per heavy atom. The molecular weight excluding hydrogens is 210 g/mol. The van der Waals surface area contributed by atoms with Gasteiger partial charge in [0.25, 0.3) is 0 Å². The van der Waals surface area contributed by atoms with E-state index in [2.05, 4.69) is 0 Å². The van der Waals surface area contributed by atoms with E-state index < -0.39 is 16.8 Å². The van der Waals surface area contributed by atoms with E-state index in [4.69, 9.17) is 5.11 Å². The van der Waals surface area contributed by atoms with Crippen molar-refractivity contribution < 1.29 is 14.8 Å². The van der Waals surface area contributed by atoms with Gasteiger partial charge in [-0.3, -0.25) is 14.9 Å². The molecule has 1 atom stereocenters. The van der Waals surface area contributed by atoms with Crippen molar-refractivity contribution >= 4 is 5.97 Å². The molecule has 0 aliphatic carbocycles. The number of carboxylic acid groups (broad SMARTS) is 1. The van der Waals surface area contributed by atoms with Crippen molar-refractivity contribution in [3.8, 4) is 0 Å². The first kappa shape index (κ1) is 12.2. The van der Waals surface area contributed by atoms with Gasteiger partial charge in [-0.25, -0.2) is 0 Å². The average Bonchev–Trinajstić information content (AvgIpc) is 2.16. The van der Waals surface area contributed by atoms with Gasteiger partial charge >= 0.3 is 5.97 Å². The predicted molar refractivity (Wildman–Crippen MR) is 57.8 cm³/mol. The summed E-state index contributed by atoms with van der Waals surface area (Å²) in [4.78, 5) is 20.5. The molecule has 16 heavy (non-hydrogen) atoms. The van der Waals surface area contributed by atoms with Crippen LogP contribution in [0.4, 0.5) is 0 Å². The van der Waals surface area contributed by atoms with Crippen molar-refractivity contribution in [2.75, 3.05) is 6.54 Å². The van der Waals surface area contributed by atoms with Crippen LogP contribution in [0.25, 0.3) is 0 Å². The minimum absolute atomic E-state index is 0.171. The molecule has 0 fully saturated rings. The lowest BCUT2D eigenvalue weighted by Crippen LogP contribution is -2.20. The minimum Gasteiger partial charge on any atom is -0.481 e. The third-order valence-corrected chi connectivity index (χ3v) is 2.24. The molecule has 1 aromatic carbocycles. The summed E-state index contributed by atoms with van der Waals surface area (Å²) >= 11 is 0. The molecule has 0 bridgehead atoms. The molecule has 1 rings (SSSR count).